The molecule has 0 saturated carbocycles. The molecule has 0 spiro atoms. The molecule has 0 bridgehead atoms. The molecular formula is C17H14ClN3OS2. The summed E-state index contributed by atoms with van der Waals surface area (Å²) >= 11 is 8.70. The molecule has 7 heteroatoms. The van der Waals surface area contributed by atoms with Gasteiger partial charge in [-0.1, -0.05) is 52.8 Å². The van der Waals surface area contributed by atoms with Gasteiger partial charge in [-0.05, 0) is 31.2 Å². The fraction of sp³-hybridized carbons (Fsp3) is 0.118. The number of aryl methyl sites for hydroxylation is 1. The first kappa shape index (κ1) is 17.0. The van der Waals surface area contributed by atoms with Crippen molar-refractivity contribution < 1.29 is 4.79 Å². The van der Waals surface area contributed by atoms with Crippen LogP contribution >= 0.6 is 34.7 Å². The van der Waals surface area contributed by atoms with E-state index in [-0.39, 0.29) is 5.91 Å². The van der Waals surface area contributed by atoms with Crippen molar-refractivity contribution in [1.82, 2.24) is 10.2 Å². The van der Waals surface area contributed by atoms with Gasteiger partial charge in [-0.3, -0.25) is 10.1 Å². The standard InChI is InChI=1S/C17H14ClN3OS2/c1-11-2-8-14(9-3-11)23-10-15(22)19-17-21-20-16(24-17)12-4-6-13(18)7-5-12/h2-9H,10H2,1H3,(H,19,21,22). The van der Waals surface area contributed by atoms with Crippen LogP contribution in [0.5, 0.6) is 0 Å². The molecule has 4 nitrogen and oxygen atoms in total. The van der Waals surface area contributed by atoms with Crippen LogP contribution in [0.15, 0.2) is 53.4 Å². The molecule has 2 aromatic carbocycles. The number of thioether (sulfide) groups is 1. The summed E-state index contributed by atoms with van der Waals surface area (Å²) < 4.78 is 0. The first-order valence-corrected chi connectivity index (χ1v) is 9.37. The molecule has 1 N–H and O–H groups in total. The zero-order chi connectivity index (χ0) is 16.9. The number of nitrogens with zero attached hydrogens (tertiary/aromatic N) is 2. The molecule has 122 valence electrons. The molecule has 0 unspecified atom stereocenters. The first-order chi connectivity index (χ1) is 11.6. The number of benzene rings is 2. The van der Waals surface area contributed by atoms with Crippen LogP contribution in [-0.2, 0) is 4.79 Å². The molecule has 3 rings (SSSR count). The van der Waals surface area contributed by atoms with Gasteiger partial charge in [0.25, 0.3) is 0 Å². The van der Waals surface area contributed by atoms with Crippen LogP contribution in [0, 0.1) is 6.92 Å². The Balaban J connectivity index is 1.57. The summed E-state index contributed by atoms with van der Waals surface area (Å²) in [6.07, 6.45) is 0. The Hall–Kier alpha value is -1.89. The Kier molecular flexibility index (Phi) is 5.50. The number of anilines is 1. The second-order valence-corrected chi connectivity index (χ2v) is 7.53. The van der Waals surface area contributed by atoms with Crippen molar-refractivity contribution in [3.05, 3.63) is 59.1 Å². The van der Waals surface area contributed by atoms with Gasteiger partial charge < -0.3 is 0 Å². The lowest BCUT2D eigenvalue weighted by Crippen LogP contribution is -2.13. The van der Waals surface area contributed by atoms with Gasteiger partial charge in [0.15, 0.2) is 0 Å². The Morgan fingerprint density at radius 2 is 1.83 bits per heavy atom. The number of hydrogen-bond donors (Lipinski definition) is 1. The number of halogens is 1. The third kappa shape index (κ3) is 4.56. The van der Waals surface area contributed by atoms with E-state index < -0.39 is 0 Å². The minimum absolute atomic E-state index is 0.0978. The molecule has 0 radical (unpaired) electrons. The van der Waals surface area contributed by atoms with Crippen molar-refractivity contribution in [3.8, 4) is 10.6 Å². The van der Waals surface area contributed by atoms with Gasteiger partial charge in [0.2, 0.25) is 11.0 Å². The third-order valence-electron chi connectivity index (χ3n) is 3.15. The van der Waals surface area contributed by atoms with Crippen molar-refractivity contribution in [3.63, 3.8) is 0 Å². The summed E-state index contributed by atoms with van der Waals surface area (Å²) in [4.78, 5) is 13.1. The average Bonchev–Trinajstić information content (AvgIpc) is 3.03. The molecule has 0 fully saturated rings. The topological polar surface area (TPSA) is 54.9 Å². The molecule has 0 aliphatic rings. The van der Waals surface area contributed by atoms with Crippen LogP contribution in [-0.4, -0.2) is 21.9 Å². The lowest BCUT2D eigenvalue weighted by molar-refractivity contribution is -0.113. The van der Waals surface area contributed by atoms with Gasteiger partial charge in [0, 0.05) is 15.5 Å². The molecule has 0 aliphatic heterocycles. The van der Waals surface area contributed by atoms with Crippen LogP contribution in [0.3, 0.4) is 0 Å². The molecule has 0 saturated heterocycles. The number of amides is 1. The maximum absolute atomic E-state index is 12.0. The number of carbonyl (C=O) groups excluding carboxylic acids is 1. The van der Waals surface area contributed by atoms with E-state index in [1.165, 1.54) is 28.7 Å². The number of hydrogen-bond acceptors (Lipinski definition) is 5. The second kappa shape index (κ2) is 7.79. The van der Waals surface area contributed by atoms with Gasteiger partial charge >= 0.3 is 0 Å². The van der Waals surface area contributed by atoms with Crippen molar-refractivity contribution in [2.75, 3.05) is 11.1 Å². The van der Waals surface area contributed by atoms with E-state index in [1.807, 2.05) is 43.3 Å². The molecular weight excluding hydrogens is 362 g/mol. The first-order valence-electron chi connectivity index (χ1n) is 7.19. The van der Waals surface area contributed by atoms with E-state index in [2.05, 4.69) is 15.5 Å². The van der Waals surface area contributed by atoms with E-state index in [1.54, 1.807) is 12.1 Å². The van der Waals surface area contributed by atoms with Crippen LogP contribution in [0.25, 0.3) is 10.6 Å². The molecule has 3 aromatic rings. The summed E-state index contributed by atoms with van der Waals surface area (Å²) in [5.41, 5.74) is 2.12. The van der Waals surface area contributed by atoms with Crippen LogP contribution in [0.4, 0.5) is 5.13 Å². The average molecular weight is 376 g/mol. The van der Waals surface area contributed by atoms with Crippen molar-refractivity contribution in [1.29, 1.82) is 0 Å². The number of aromatic nitrogens is 2. The number of carbonyl (C=O) groups is 1. The van der Waals surface area contributed by atoms with E-state index in [4.69, 9.17) is 11.6 Å². The molecule has 24 heavy (non-hydrogen) atoms. The quantitative estimate of drug-likeness (QED) is 0.644. The highest BCUT2D eigenvalue weighted by Gasteiger charge is 2.10. The summed E-state index contributed by atoms with van der Waals surface area (Å²) in [7, 11) is 0. The highest BCUT2D eigenvalue weighted by atomic mass is 35.5. The fourth-order valence-corrected chi connectivity index (χ4v) is 3.51. The molecule has 0 aliphatic carbocycles. The Labute approximate surface area is 153 Å². The van der Waals surface area contributed by atoms with Crippen LogP contribution < -0.4 is 5.32 Å². The molecule has 0 atom stereocenters. The Morgan fingerprint density at radius 3 is 2.54 bits per heavy atom. The predicted octanol–water partition coefficient (Wildman–Crippen LogP) is 4.90. The van der Waals surface area contributed by atoms with Crippen LogP contribution in [0.2, 0.25) is 5.02 Å². The van der Waals surface area contributed by atoms with Gasteiger partial charge in [-0.15, -0.1) is 22.0 Å². The molecule has 1 amide bonds. The molecule has 1 heterocycles. The smallest absolute Gasteiger partial charge is 0.236 e. The molecule has 1 aromatic heterocycles. The maximum Gasteiger partial charge on any atom is 0.236 e. The summed E-state index contributed by atoms with van der Waals surface area (Å²) in [6, 6.07) is 15.4. The maximum atomic E-state index is 12.0. The van der Waals surface area contributed by atoms with E-state index in [0.717, 1.165) is 15.5 Å². The van der Waals surface area contributed by atoms with Crippen LogP contribution in [0.1, 0.15) is 5.56 Å². The van der Waals surface area contributed by atoms with E-state index in [0.29, 0.717) is 15.9 Å². The normalized spacial score (nSPS) is 10.6. The highest BCUT2D eigenvalue weighted by molar-refractivity contribution is 8.00. The number of rotatable bonds is 5. The zero-order valence-corrected chi connectivity index (χ0v) is 15.2. The monoisotopic (exact) mass is 375 g/mol. The second-order valence-electron chi connectivity index (χ2n) is 5.07. The van der Waals surface area contributed by atoms with E-state index >= 15 is 0 Å². The van der Waals surface area contributed by atoms with Gasteiger partial charge in [-0.25, -0.2) is 0 Å². The summed E-state index contributed by atoms with van der Waals surface area (Å²) in [5, 5.41) is 12.8. The minimum atomic E-state index is -0.0978. The van der Waals surface area contributed by atoms with Gasteiger partial charge in [0.05, 0.1) is 5.75 Å². The van der Waals surface area contributed by atoms with Crippen molar-refractivity contribution in [2.24, 2.45) is 0 Å². The summed E-state index contributed by atoms with van der Waals surface area (Å²) in [5.74, 6) is 0.234. The predicted molar refractivity (Wildman–Crippen MR) is 101 cm³/mol. The number of nitrogens with one attached hydrogen (secondary N) is 1. The largest absolute Gasteiger partial charge is 0.300 e. The van der Waals surface area contributed by atoms with Crippen molar-refractivity contribution >= 4 is 45.7 Å². The Bertz CT molecular complexity index is 832. The van der Waals surface area contributed by atoms with Gasteiger partial charge in [-0.2, -0.15) is 0 Å². The fourth-order valence-electron chi connectivity index (χ4n) is 1.92. The summed E-state index contributed by atoms with van der Waals surface area (Å²) in [6.45, 7) is 2.04. The Morgan fingerprint density at radius 1 is 1.12 bits per heavy atom. The SMILES string of the molecule is Cc1ccc(SCC(=O)Nc2nnc(-c3ccc(Cl)cc3)s2)cc1. The zero-order valence-electron chi connectivity index (χ0n) is 12.8. The lowest BCUT2D eigenvalue weighted by atomic mass is 10.2. The minimum Gasteiger partial charge on any atom is -0.300 e. The van der Waals surface area contributed by atoms with Crippen molar-refractivity contribution in [2.45, 2.75) is 11.8 Å². The third-order valence-corrected chi connectivity index (χ3v) is 5.31. The highest BCUT2D eigenvalue weighted by Crippen LogP contribution is 2.27. The van der Waals surface area contributed by atoms with Gasteiger partial charge in [0.1, 0.15) is 5.01 Å². The lowest BCUT2D eigenvalue weighted by Gasteiger charge is -2.02. The van der Waals surface area contributed by atoms with E-state index in [9.17, 15) is 4.79 Å².